The van der Waals surface area contributed by atoms with Crippen molar-refractivity contribution < 1.29 is 27.8 Å². The lowest BCUT2D eigenvalue weighted by molar-refractivity contribution is -0.116. The first-order chi connectivity index (χ1) is 15.0. The fraction of sp³-hybridized carbons (Fsp3) is 0.364. The first-order valence-electron chi connectivity index (χ1n) is 10.0. The van der Waals surface area contributed by atoms with Crippen molar-refractivity contribution in [3.63, 3.8) is 0 Å². The maximum atomic E-state index is 12.3. The molecule has 0 aliphatic carbocycles. The summed E-state index contributed by atoms with van der Waals surface area (Å²) in [5.74, 6) is -0.576. The van der Waals surface area contributed by atoms with Gasteiger partial charge in [-0.25, -0.2) is 0 Å². The molecule has 166 valence electrons. The predicted octanol–water partition coefficient (Wildman–Crippen LogP) is 2.88. The fourth-order valence-corrected chi connectivity index (χ4v) is 3.16. The molecule has 1 fully saturated rings. The van der Waals surface area contributed by atoms with E-state index in [4.69, 9.17) is 4.74 Å². The maximum absolute atomic E-state index is 12.3. The van der Waals surface area contributed by atoms with Gasteiger partial charge in [-0.3, -0.25) is 14.5 Å². The number of hydrogen-bond acceptors (Lipinski definition) is 5. The van der Waals surface area contributed by atoms with Gasteiger partial charge < -0.3 is 20.1 Å². The van der Waals surface area contributed by atoms with E-state index >= 15 is 0 Å². The third-order valence-electron chi connectivity index (χ3n) is 4.74. The summed E-state index contributed by atoms with van der Waals surface area (Å²) in [4.78, 5) is 26.7. The zero-order chi connectivity index (χ0) is 22.1. The van der Waals surface area contributed by atoms with Gasteiger partial charge in [0, 0.05) is 43.9 Å². The molecule has 9 heteroatoms. The fourth-order valence-electron chi connectivity index (χ4n) is 3.16. The maximum Gasteiger partial charge on any atom is 0.387 e. The molecule has 0 spiro atoms. The molecule has 0 unspecified atom stereocenters. The summed E-state index contributed by atoms with van der Waals surface area (Å²) in [6, 6.07) is 12.8. The van der Waals surface area contributed by atoms with E-state index in [9.17, 15) is 18.4 Å². The summed E-state index contributed by atoms with van der Waals surface area (Å²) >= 11 is 0. The lowest BCUT2D eigenvalue weighted by Gasteiger charge is -2.26. The number of halogens is 2. The molecule has 2 amide bonds. The average Bonchev–Trinajstić information content (AvgIpc) is 2.77. The molecule has 1 heterocycles. The summed E-state index contributed by atoms with van der Waals surface area (Å²) in [5, 5.41) is 5.60. The molecule has 0 radical (unpaired) electrons. The minimum Gasteiger partial charge on any atom is -0.435 e. The van der Waals surface area contributed by atoms with Crippen molar-refractivity contribution in [1.82, 2.24) is 10.2 Å². The molecule has 1 aliphatic heterocycles. The molecule has 1 aliphatic rings. The number of nitrogens with zero attached hydrogens (tertiary/aromatic N) is 1. The van der Waals surface area contributed by atoms with Crippen LogP contribution in [-0.4, -0.2) is 56.2 Å². The van der Waals surface area contributed by atoms with Crippen molar-refractivity contribution in [2.75, 3.05) is 38.2 Å². The van der Waals surface area contributed by atoms with Gasteiger partial charge in [0.1, 0.15) is 5.75 Å². The summed E-state index contributed by atoms with van der Waals surface area (Å²) in [5.41, 5.74) is 1.65. The number of morpholine rings is 1. The highest BCUT2D eigenvalue weighted by Crippen LogP contribution is 2.16. The molecule has 7 nitrogen and oxygen atoms in total. The first-order valence-corrected chi connectivity index (χ1v) is 10.0. The van der Waals surface area contributed by atoms with Crippen molar-refractivity contribution in [3.05, 3.63) is 59.7 Å². The van der Waals surface area contributed by atoms with E-state index in [2.05, 4.69) is 20.3 Å². The van der Waals surface area contributed by atoms with Gasteiger partial charge in [-0.1, -0.05) is 18.2 Å². The predicted molar refractivity (Wildman–Crippen MR) is 111 cm³/mol. The molecule has 0 bridgehead atoms. The van der Waals surface area contributed by atoms with Crippen LogP contribution in [0.2, 0.25) is 0 Å². The molecule has 1 saturated heterocycles. The van der Waals surface area contributed by atoms with E-state index in [0.717, 1.165) is 18.7 Å². The van der Waals surface area contributed by atoms with Crippen LogP contribution in [0.4, 0.5) is 14.5 Å². The summed E-state index contributed by atoms with van der Waals surface area (Å²) < 4.78 is 34.3. The highest BCUT2D eigenvalue weighted by Gasteiger charge is 2.13. The number of hydrogen-bond donors (Lipinski definition) is 2. The highest BCUT2D eigenvalue weighted by molar-refractivity contribution is 5.94. The molecule has 0 atom stereocenters. The van der Waals surface area contributed by atoms with Gasteiger partial charge in [0.2, 0.25) is 5.91 Å². The minimum atomic E-state index is -2.95. The van der Waals surface area contributed by atoms with Crippen LogP contribution in [0.1, 0.15) is 22.3 Å². The van der Waals surface area contributed by atoms with E-state index in [1.54, 1.807) is 18.2 Å². The SMILES string of the molecule is O=C(CCN1CCOCC1)Nc1cccc(CNC(=O)c2cccc(OC(F)F)c2)c1. The Morgan fingerprint density at radius 3 is 2.65 bits per heavy atom. The van der Waals surface area contributed by atoms with Gasteiger partial charge in [-0.2, -0.15) is 8.78 Å². The molecule has 31 heavy (non-hydrogen) atoms. The number of rotatable bonds is 9. The topological polar surface area (TPSA) is 79.9 Å². The molecular weight excluding hydrogens is 408 g/mol. The molecule has 2 aromatic carbocycles. The number of alkyl halides is 2. The number of benzene rings is 2. The number of carbonyl (C=O) groups excluding carboxylic acids is 2. The Balaban J connectivity index is 1.48. The minimum absolute atomic E-state index is 0.0792. The van der Waals surface area contributed by atoms with Crippen LogP contribution in [0.15, 0.2) is 48.5 Å². The van der Waals surface area contributed by atoms with Crippen LogP contribution in [0.25, 0.3) is 0 Å². The van der Waals surface area contributed by atoms with Crippen molar-refractivity contribution in [1.29, 1.82) is 0 Å². The van der Waals surface area contributed by atoms with E-state index in [1.165, 1.54) is 24.3 Å². The zero-order valence-electron chi connectivity index (χ0n) is 17.0. The molecule has 2 N–H and O–H groups in total. The van der Waals surface area contributed by atoms with Gasteiger partial charge in [-0.05, 0) is 35.9 Å². The Bertz CT molecular complexity index is 889. The van der Waals surface area contributed by atoms with Crippen molar-refractivity contribution >= 4 is 17.5 Å². The van der Waals surface area contributed by atoms with Crippen LogP contribution < -0.4 is 15.4 Å². The lowest BCUT2D eigenvalue weighted by atomic mass is 10.1. The van der Waals surface area contributed by atoms with Gasteiger partial charge in [0.15, 0.2) is 0 Å². The Morgan fingerprint density at radius 2 is 1.87 bits per heavy atom. The van der Waals surface area contributed by atoms with Crippen molar-refractivity contribution in [3.8, 4) is 5.75 Å². The van der Waals surface area contributed by atoms with Crippen LogP contribution in [-0.2, 0) is 16.1 Å². The average molecular weight is 433 g/mol. The normalized spacial score (nSPS) is 14.3. The van der Waals surface area contributed by atoms with Crippen molar-refractivity contribution in [2.45, 2.75) is 19.6 Å². The van der Waals surface area contributed by atoms with Crippen LogP contribution in [0.3, 0.4) is 0 Å². The number of nitrogens with one attached hydrogen (secondary N) is 2. The molecule has 0 aromatic heterocycles. The number of ether oxygens (including phenoxy) is 2. The van der Waals surface area contributed by atoms with Gasteiger partial charge >= 0.3 is 6.61 Å². The van der Waals surface area contributed by atoms with Gasteiger partial charge in [0.25, 0.3) is 5.91 Å². The Kier molecular flexibility index (Phi) is 8.31. The van der Waals surface area contributed by atoms with E-state index in [-0.39, 0.29) is 23.8 Å². The summed E-state index contributed by atoms with van der Waals surface area (Å²) in [6.45, 7) is 0.997. The Morgan fingerprint density at radius 1 is 1.10 bits per heavy atom. The summed E-state index contributed by atoms with van der Waals surface area (Å²) in [6.07, 6.45) is 0.387. The number of amides is 2. The Hall–Kier alpha value is -3.04. The third kappa shape index (κ3) is 7.62. The molecular formula is C22H25F2N3O4. The number of anilines is 1. The monoisotopic (exact) mass is 433 g/mol. The molecule has 2 aromatic rings. The third-order valence-corrected chi connectivity index (χ3v) is 4.74. The second-order valence-electron chi connectivity index (χ2n) is 7.04. The standard InChI is InChI=1S/C22H25F2N3O4/c23-22(24)31-19-6-2-4-17(14-19)21(29)25-15-16-3-1-5-18(13-16)26-20(28)7-8-27-9-11-30-12-10-27/h1-6,13-14,22H,7-12,15H2,(H,25,29)(H,26,28). The van der Waals surface area contributed by atoms with Crippen LogP contribution in [0.5, 0.6) is 5.75 Å². The summed E-state index contributed by atoms with van der Waals surface area (Å²) in [7, 11) is 0. The largest absolute Gasteiger partial charge is 0.435 e. The highest BCUT2D eigenvalue weighted by atomic mass is 19.3. The lowest BCUT2D eigenvalue weighted by Crippen LogP contribution is -2.38. The van der Waals surface area contributed by atoms with Crippen LogP contribution >= 0.6 is 0 Å². The molecule has 0 saturated carbocycles. The van der Waals surface area contributed by atoms with E-state index in [1.807, 2.05) is 6.07 Å². The quantitative estimate of drug-likeness (QED) is 0.636. The van der Waals surface area contributed by atoms with Crippen molar-refractivity contribution in [2.24, 2.45) is 0 Å². The Labute approximate surface area is 179 Å². The smallest absolute Gasteiger partial charge is 0.387 e. The van der Waals surface area contributed by atoms with Gasteiger partial charge in [0.05, 0.1) is 13.2 Å². The number of carbonyl (C=O) groups is 2. The van der Waals surface area contributed by atoms with Gasteiger partial charge in [-0.15, -0.1) is 0 Å². The van der Waals surface area contributed by atoms with E-state index in [0.29, 0.717) is 31.9 Å². The molecule has 3 rings (SSSR count). The second-order valence-corrected chi connectivity index (χ2v) is 7.04. The van der Waals surface area contributed by atoms with E-state index < -0.39 is 12.5 Å². The first kappa shape index (κ1) is 22.6. The second kappa shape index (κ2) is 11.4. The van der Waals surface area contributed by atoms with Crippen LogP contribution in [0, 0.1) is 0 Å². The zero-order valence-corrected chi connectivity index (χ0v) is 17.0.